The summed E-state index contributed by atoms with van der Waals surface area (Å²) in [4.78, 5) is 11.8. The third kappa shape index (κ3) is 3.22. The summed E-state index contributed by atoms with van der Waals surface area (Å²) in [6.07, 6.45) is 2.46. The molecule has 20 heavy (non-hydrogen) atoms. The molecular weight excluding hydrogens is 280 g/mol. The third-order valence-corrected chi connectivity index (χ3v) is 4.37. The van der Waals surface area contributed by atoms with Crippen molar-refractivity contribution in [1.82, 2.24) is 14.5 Å². The molecule has 0 aliphatic carbocycles. The van der Waals surface area contributed by atoms with Gasteiger partial charge in [-0.1, -0.05) is 18.2 Å². The molecule has 0 unspecified atom stereocenters. The zero-order valence-electron chi connectivity index (χ0n) is 10.8. The number of benzene rings is 1. The van der Waals surface area contributed by atoms with Gasteiger partial charge in [0, 0.05) is 18.9 Å². The number of rotatable bonds is 5. The van der Waals surface area contributed by atoms with Gasteiger partial charge >= 0.3 is 0 Å². The van der Waals surface area contributed by atoms with Crippen molar-refractivity contribution in [3.05, 3.63) is 42.7 Å². The molecule has 0 aliphatic rings. The van der Waals surface area contributed by atoms with Crippen molar-refractivity contribution in [2.45, 2.75) is 4.90 Å². The average molecular weight is 294 g/mol. The molecule has 2 rings (SSSR count). The van der Waals surface area contributed by atoms with Crippen LogP contribution in [-0.2, 0) is 14.8 Å². The van der Waals surface area contributed by atoms with Crippen LogP contribution in [0.25, 0.3) is 0 Å². The maximum atomic E-state index is 12.1. The number of aromatic amines is 1. The van der Waals surface area contributed by atoms with Gasteiger partial charge in [-0.15, -0.1) is 0 Å². The summed E-state index contributed by atoms with van der Waals surface area (Å²) >= 11 is 0. The molecule has 0 atom stereocenters. The molecule has 0 saturated carbocycles. The quantitative estimate of drug-likeness (QED) is 0.847. The lowest BCUT2D eigenvalue weighted by molar-refractivity contribution is -0.116. The highest BCUT2D eigenvalue weighted by atomic mass is 32.2. The molecule has 0 fully saturated rings. The van der Waals surface area contributed by atoms with Crippen molar-refractivity contribution in [3.8, 4) is 0 Å². The molecule has 7 nitrogen and oxygen atoms in total. The lowest BCUT2D eigenvalue weighted by Gasteiger charge is -2.15. The molecule has 106 valence electrons. The van der Waals surface area contributed by atoms with Crippen molar-refractivity contribution in [1.29, 1.82) is 0 Å². The van der Waals surface area contributed by atoms with Crippen LogP contribution in [-0.4, -0.2) is 42.4 Å². The van der Waals surface area contributed by atoms with E-state index >= 15 is 0 Å². The molecule has 0 bridgehead atoms. The van der Waals surface area contributed by atoms with Crippen LogP contribution in [0.5, 0.6) is 0 Å². The molecule has 2 aromatic rings. The Morgan fingerprint density at radius 2 is 2.05 bits per heavy atom. The monoisotopic (exact) mass is 294 g/mol. The molecule has 8 heteroatoms. The predicted molar refractivity (Wildman–Crippen MR) is 73.5 cm³/mol. The second-order valence-corrected chi connectivity index (χ2v) is 6.15. The van der Waals surface area contributed by atoms with E-state index in [1.54, 1.807) is 24.3 Å². The highest BCUT2D eigenvalue weighted by Gasteiger charge is 2.23. The highest BCUT2D eigenvalue weighted by molar-refractivity contribution is 7.89. The minimum atomic E-state index is -3.70. The Balaban J connectivity index is 2.01. The topological polar surface area (TPSA) is 95.2 Å². The molecule has 2 N–H and O–H groups in total. The smallest absolute Gasteiger partial charge is 0.246 e. The summed E-state index contributed by atoms with van der Waals surface area (Å²) in [5.41, 5.74) is 0.617. The third-order valence-electron chi connectivity index (χ3n) is 2.61. The minimum Gasteiger partial charge on any atom is -0.325 e. The first-order valence-corrected chi connectivity index (χ1v) is 7.24. The lowest BCUT2D eigenvalue weighted by atomic mass is 10.3. The van der Waals surface area contributed by atoms with Crippen molar-refractivity contribution in [2.75, 3.05) is 18.9 Å². The number of H-pyrrole nitrogens is 1. The largest absolute Gasteiger partial charge is 0.325 e. The van der Waals surface area contributed by atoms with E-state index in [9.17, 15) is 13.2 Å². The predicted octanol–water partition coefficient (Wildman–Crippen LogP) is 0.669. The number of amides is 1. The van der Waals surface area contributed by atoms with Gasteiger partial charge in [0.05, 0.1) is 12.7 Å². The molecule has 0 spiro atoms. The molecule has 0 radical (unpaired) electrons. The van der Waals surface area contributed by atoms with E-state index < -0.39 is 15.9 Å². The van der Waals surface area contributed by atoms with E-state index in [0.29, 0.717) is 5.69 Å². The summed E-state index contributed by atoms with van der Waals surface area (Å²) in [6, 6.07) is 8.83. The molecule has 0 saturated heterocycles. The van der Waals surface area contributed by atoms with Gasteiger partial charge in [0.25, 0.3) is 0 Å². The van der Waals surface area contributed by atoms with Gasteiger partial charge in [-0.3, -0.25) is 9.89 Å². The minimum absolute atomic E-state index is 0.0208. The van der Waals surface area contributed by atoms with E-state index in [0.717, 1.165) is 4.31 Å². The van der Waals surface area contributed by atoms with E-state index in [1.807, 2.05) is 6.07 Å². The highest BCUT2D eigenvalue weighted by Crippen LogP contribution is 2.12. The first-order valence-electron chi connectivity index (χ1n) is 5.80. The number of aromatic nitrogens is 2. The number of carbonyl (C=O) groups excluding carboxylic acids is 1. The van der Waals surface area contributed by atoms with E-state index in [-0.39, 0.29) is 11.4 Å². The van der Waals surface area contributed by atoms with Crippen LogP contribution in [0.4, 0.5) is 5.69 Å². The maximum Gasteiger partial charge on any atom is 0.246 e. The van der Waals surface area contributed by atoms with Crippen LogP contribution in [0.3, 0.4) is 0 Å². The van der Waals surface area contributed by atoms with Crippen molar-refractivity contribution in [3.63, 3.8) is 0 Å². The fourth-order valence-corrected chi connectivity index (χ4v) is 2.60. The Labute approximate surface area is 116 Å². The molecule has 1 aromatic carbocycles. The number of sulfonamides is 1. The van der Waals surface area contributed by atoms with E-state index in [4.69, 9.17) is 0 Å². The fourth-order valence-electron chi connectivity index (χ4n) is 1.57. The van der Waals surface area contributed by atoms with Crippen molar-refractivity contribution in [2.24, 2.45) is 0 Å². The number of anilines is 1. The number of nitrogens with one attached hydrogen (secondary N) is 2. The zero-order chi connectivity index (χ0) is 14.6. The maximum absolute atomic E-state index is 12.1. The summed E-state index contributed by atoms with van der Waals surface area (Å²) in [6.45, 7) is -0.275. The average Bonchev–Trinajstić information content (AvgIpc) is 2.94. The number of likely N-dealkylation sites (N-methyl/N-ethyl adjacent to an activating group) is 1. The number of nitrogens with zero attached hydrogens (tertiary/aromatic N) is 2. The summed E-state index contributed by atoms with van der Waals surface area (Å²) in [7, 11) is -2.36. The van der Waals surface area contributed by atoms with Crippen molar-refractivity contribution >= 4 is 21.6 Å². The van der Waals surface area contributed by atoms with Crippen LogP contribution in [0.15, 0.2) is 47.6 Å². The second kappa shape index (κ2) is 5.85. The number of hydrogen-bond donors (Lipinski definition) is 2. The lowest BCUT2D eigenvalue weighted by Crippen LogP contribution is -2.34. The summed E-state index contributed by atoms with van der Waals surface area (Å²) < 4.78 is 25.1. The first-order chi connectivity index (χ1) is 9.50. The van der Waals surface area contributed by atoms with Gasteiger partial charge in [0.15, 0.2) is 0 Å². The van der Waals surface area contributed by atoms with Crippen LogP contribution >= 0.6 is 0 Å². The standard InChI is InChI=1S/C12H14N4O3S/c1-16(20(18,19)11-7-13-14-8-11)9-12(17)15-10-5-3-2-4-6-10/h2-8H,9H2,1H3,(H,13,14)(H,15,17). The van der Waals surface area contributed by atoms with Crippen LogP contribution in [0.2, 0.25) is 0 Å². The summed E-state index contributed by atoms with van der Waals surface area (Å²) in [5.74, 6) is -0.411. The molecule has 1 amide bonds. The Kier molecular flexibility index (Phi) is 4.16. The molecule has 1 heterocycles. The normalized spacial score (nSPS) is 11.5. The number of para-hydroxylation sites is 1. The zero-order valence-corrected chi connectivity index (χ0v) is 11.6. The SMILES string of the molecule is CN(CC(=O)Nc1ccccc1)S(=O)(=O)c1cn[nH]c1. The second-order valence-electron chi connectivity index (χ2n) is 4.11. The van der Waals surface area contributed by atoms with Gasteiger partial charge in [-0.05, 0) is 12.1 Å². The van der Waals surface area contributed by atoms with Gasteiger partial charge in [-0.25, -0.2) is 8.42 Å². The Hall–Kier alpha value is -2.19. The molecule has 0 aliphatic heterocycles. The van der Waals surface area contributed by atoms with E-state index in [2.05, 4.69) is 15.5 Å². The van der Waals surface area contributed by atoms with Gasteiger partial charge in [-0.2, -0.15) is 9.40 Å². The summed E-state index contributed by atoms with van der Waals surface area (Å²) in [5, 5.41) is 8.64. The van der Waals surface area contributed by atoms with Gasteiger partial charge < -0.3 is 5.32 Å². The Morgan fingerprint density at radius 3 is 2.65 bits per heavy atom. The fraction of sp³-hybridized carbons (Fsp3) is 0.167. The first kappa shape index (κ1) is 14.2. The van der Waals surface area contributed by atoms with Crippen molar-refractivity contribution < 1.29 is 13.2 Å². The van der Waals surface area contributed by atoms with Gasteiger partial charge in [0.2, 0.25) is 15.9 Å². The number of carbonyl (C=O) groups is 1. The number of hydrogen-bond acceptors (Lipinski definition) is 4. The van der Waals surface area contributed by atoms with Gasteiger partial charge in [0.1, 0.15) is 4.90 Å². The van der Waals surface area contributed by atoms with Crippen LogP contribution in [0, 0.1) is 0 Å². The van der Waals surface area contributed by atoms with E-state index in [1.165, 1.54) is 19.4 Å². The van der Waals surface area contributed by atoms with Crippen LogP contribution in [0.1, 0.15) is 0 Å². The Bertz CT molecular complexity index is 668. The Morgan fingerprint density at radius 1 is 1.35 bits per heavy atom. The molecule has 1 aromatic heterocycles. The molecular formula is C12H14N4O3S. The van der Waals surface area contributed by atoms with Crippen LogP contribution < -0.4 is 5.32 Å².